The standard InChI is InChI=1S/C19H21N3O5/c1-12-4-6-15(22(24)25)19(13(12)2)20-18(23)10-21(3)9-14-5-7-16-17(8-14)27-11-26-16/h4-8H,9-11H2,1-3H3,(H,20,23)/p+1. The number of benzene rings is 2. The van der Waals surface area contributed by atoms with Crippen LogP contribution in [0.1, 0.15) is 16.7 Å². The lowest BCUT2D eigenvalue weighted by Gasteiger charge is -2.15. The zero-order valence-corrected chi connectivity index (χ0v) is 15.5. The van der Waals surface area contributed by atoms with E-state index in [2.05, 4.69) is 5.32 Å². The number of amides is 1. The van der Waals surface area contributed by atoms with Gasteiger partial charge in [0.15, 0.2) is 18.0 Å². The average molecular weight is 372 g/mol. The number of aryl methyl sites for hydroxylation is 1. The lowest BCUT2D eigenvalue weighted by Crippen LogP contribution is -3.08. The molecule has 0 fully saturated rings. The Bertz CT molecular complexity index is 897. The highest BCUT2D eigenvalue weighted by Crippen LogP contribution is 2.32. The average Bonchev–Trinajstić information content (AvgIpc) is 3.06. The fourth-order valence-corrected chi connectivity index (χ4v) is 3.03. The van der Waals surface area contributed by atoms with E-state index in [1.165, 1.54) is 6.07 Å². The molecule has 3 rings (SSSR count). The first-order valence-corrected chi connectivity index (χ1v) is 8.59. The van der Waals surface area contributed by atoms with Gasteiger partial charge in [-0.3, -0.25) is 14.9 Å². The van der Waals surface area contributed by atoms with Gasteiger partial charge >= 0.3 is 0 Å². The van der Waals surface area contributed by atoms with Crippen molar-refractivity contribution in [3.05, 3.63) is 57.1 Å². The molecule has 1 aliphatic heterocycles. The SMILES string of the molecule is Cc1ccc([N+](=O)[O-])c(NC(=O)C[NH+](C)Cc2ccc3c(c2)OCO3)c1C. The van der Waals surface area contributed by atoms with E-state index in [1.807, 2.05) is 32.2 Å². The van der Waals surface area contributed by atoms with Gasteiger partial charge in [-0.05, 0) is 43.2 Å². The molecule has 1 heterocycles. The lowest BCUT2D eigenvalue weighted by molar-refractivity contribution is -0.885. The van der Waals surface area contributed by atoms with Gasteiger partial charge in [-0.1, -0.05) is 6.07 Å². The van der Waals surface area contributed by atoms with Crippen molar-refractivity contribution in [2.45, 2.75) is 20.4 Å². The molecule has 8 heteroatoms. The van der Waals surface area contributed by atoms with E-state index in [1.54, 1.807) is 13.0 Å². The van der Waals surface area contributed by atoms with Gasteiger partial charge in [0.25, 0.3) is 11.6 Å². The monoisotopic (exact) mass is 372 g/mol. The van der Waals surface area contributed by atoms with Gasteiger partial charge in [0.05, 0.1) is 12.0 Å². The Kier molecular flexibility index (Phi) is 5.27. The van der Waals surface area contributed by atoms with Gasteiger partial charge in [-0.15, -0.1) is 0 Å². The highest BCUT2D eigenvalue weighted by molar-refractivity contribution is 5.95. The highest BCUT2D eigenvalue weighted by Gasteiger charge is 2.21. The number of carbonyl (C=O) groups is 1. The molecule has 0 radical (unpaired) electrons. The molecule has 27 heavy (non-hydrogen) atoms. The van der Waals surface area contributed by atoms with E-state index < -0.39 is 4.92 Å². The maximum atomic E-state index is 12.4. The number of anilines is 1. The topological polar surface area (TPSA) is 95.1 Å². The van der Waals surface area contributed by atoms with E-state index in [9.17, 15) is 14.9 Å². The molecule has 0 bridgehead atoms. The number of hydrogen-bond acceptors (Lipinski definition) is 5. The maximum Gasteiger partial charge on any atom is 0.293 e. The first-order chi connectivity index (χ1) is 12.8. The van der Waals surface area contributed by atoms with Crippen LogP contribution in [0.25, 0.3) is 0 Å². The molecule has 0 aliphatic carbocycles. The van der Waals surface area contributed by atoms with E-state index in [0.29, 0.717) is 17.9 Å². The number of ether oxygens (including phenoxy) is 2. The van der Waals surface area contributed by atoms with E-state index in [4.69, 9.17) is 9.47 Å². The summed E-state index contributed by atoms with van der Waals surface area (Å²) in [5, 5.41) is 14.0. The summed E-state index contributed by atoms with van der Waals surface area (Å²) in [5.41, 5.74) is 2.77. The van der Waals surface area contributed by atoms with Crippen LogP contribution in [-0.4, -0.2) is 31.2 Å². The van der Waals surface area contributed by atoms with Gasteiger partial charge in [-0.25, -0.2) is 0 Å². The van der Waals surface area contributed by atoms with Gasteiger partial charge in [0.1, 0.15) is 12.2 Å². The van der Waals surface area contributed by atoms with Crippen LogP contribution < -0.4 is 19.7 Å². The fourth-order valence-electron chi connectivity index (χ4n) is 3.03. The number of carbonyl (C=O) groups excluding carboxylic acids is 1. The van der Waals surface area contributed by atoms with E-state index in [-0.39, 0.29) is 30.6 Å². The second-order valence-electron chi connectivity index (χ2n) is 6.71. The quantitative estimate of drug-likeness (QED) is 0.593. The Balaban J connectivity index is 1.66. The summed E-state index contributed by atoms with van der Waals surface area (Å²) in [7, 11) is 1.89. The molecular formula is C19H22N3O5+. The summed E-state index contributed by atoms with van der Waals surface area (Å²) in [5.74, 6) is 1.15. The van der Waals surface area contributed by atoms with Crippen molar-refractivity contribution in [2.24, 2.45) is 0 Å². The highest BCUT2D eigenvalue weighted by atomic mass is 16.7. The van der Waals surface area contributed by atoms with Crippen molar-refractivity contribution >= 4 is 17.3 Å². The van der Waals surface area contributed by atoms with E-state index in [0.717, 1.165) is 21.8 Å². The Hall–Kier alpha value is -3.13. The third kappa shape index (κ3) is 4.17. The number of nitrogens with one attached hydrogen (secondary N) is 2. The molecule has 1 unspecified atom stereocenters. The number of rotatable bonds is 6. The minimum absolute atomic E-state index is 0.0973. The Morgan fingerprint density at radius 3 is 2.70 bits per heavy atom. The van der Waals surface area contributed by atoms with Gasteiger partial charge in [-0.2, -0.15) is 0 Å². The molecule has 2 N–H and O–H groups in total. The van der Waals surface area contributed by atoms with Crippen LogP contribution in [0.3, 0.4) is 0 Å². The molecule has 0 spiro atoms. The summed E-state index contributed by atoms with van der Waals surface area (Å²) < 4.78 is 10.7. The lowest BCUT2D eigenvalue weighted by atomic mass is 10.1. The molecule has 1 amide bonds. The second kappa shape index (κ2) is 7.63. The summed E-state index contributed by atoms with van der Waals surface area (Å²) in [6, 6.07) is 8.79. The number of quaternary nitrogens is 1. The van der Waals surface area contributed by atoms with Crippen molar-refractivity contribution in [2.75, 3.05) is 25.7 Å². The molecule has 0 saturated carbocycles. The smallest absolute Gasteiger partial charge is 0.293 e. The van der Waals surface area contributed by atoms with Crippen LogP contribution in [0.2, 0.25) is 0 Å². The minimum atomic E-state index is -0.481. The van der Waals surface area contributed by atoms with Crippen molar-refractivity contribution in [1.82, 2.24) is 0 Å². The summed E-state index contributed by atoms with van der Waals surface area (Å²) in [6.45, 7) is 4.63. The largest absolute Gasteiger partial charge is 0.454 e. The Morgan fingerprint density at radius 1 is 1.22 bits per heavy atom. The van der Waals surface area contributed by atoms with Crippen molar-refractivity contribution < 1.29 is 24.1 Å². The number of fused-ring (bicyclic) bond motifs is 1. The number of likely N-dealkylation sites (N-methyl/N-ethyl adjacent to an activating group) is 1. The zero-order valence-electron chi connectivity index (χ0n) is 15.5. The molecule has 1 atom stereocenters. The molecule has 8 nitrogen and oxygen atoms in total. The predicted molar refractivity (Wildman–Crippen MR) is 99.2 cm³/mol. The van der Waals surface area contributed by atoms with Crippen molar-refractivity contribution in [1.29, 1.82) is 0 Å². The van der Waals surface area contributed by atoms with Crippen LogP contribution in [0.15, 0.2) is 30.3 Å². The van der Waals surface area contributed by atoms with E-state index >= 15 is 0 Å². The second-order valence-corrected chi connectivity index (χ2v) is 6.71. The third-order valence-electron chi connectivity index (χ3n) is 4.58. The van der Waals surface area contributed by atoms with Crippen LogP contribution in [0, 0.1) is 24.0 Å². The van der Waals surface area contributed by atoms with Crippen LogP contribution in [0.4, 0.5) is 11.4 Å². The third-order valence-corrected chi connectivity index (χ3v) is 4.58. The Morgan fingerprint density at radius 2 is 1.96 bits per heavy atom. The summed E-state index contributed by atoms with van der Waals surface area (Å²) in [6.07, 6.45) is 0. The van der Waals surface area contributed by atoms with Crippen LogP contribution in [0.5, 0.6) is 11.5 Å². The molecule has 142 valence electrons. The van der Waals surface area contributed by atoms with Crippen molar-refractivity contribution in [3.8, 4) is 11.5 Å². The molecule has 0 aromatic heterocycles. The first kappa shape index (κ1) is 18.7. The maximum absolute atomic E-state index is 12.4. The van der Waals surface area contributed by atoms with Crippen LogP contribution >= 0.6 is 0 Å². The fraction of sp³-hybridized carbons (Fsp3) is 0.316. The Labute approximate surface area is 156 Å². The molecule has 2 aromatic rings. The summed E-state index contributed by atoms with van der Waals surface area (Å²) >= 11 is 0. The van der Waals surface area contributed by atoms with Crippen LogP contribution in [-0.2, 0) is 11.3 Å². The van der Waals surface area contributed by atoms with Gasteiger partial charge < -0.3 is 19.7 Å². The van der Waals surface area contributed by atoms with Gasteiger partial charge in [0.2, 0.25) is 6.79 Å². The minimum Gasteiger partial charge on any atom is -0.454 e. The summed E-state index contributed by atoms with van der Waals surface area (Å²) in [4.78, 5) is 24.2. The normalized spacial score (nSPS) is 13.3. The number of nitrogens with zero attached hydrogens (tertiary/aromatic N) is 1. The predicted octanol–water partition coefficient (Wildman–Crippen LogP) is 1.59. The molecular weight excluding hydrogens is 350 g/mol. The number of nitro benzene ring substituents is 1. The number of hydrogen-bond donors (Lipinski definition) is 2. The molecule has 0 saturated heterocycles. The zero-order chi connectivity index (χ0) is 19.6. The first-order valence-electron chi connectivity index (χ1n) is 8.59. The molecule has 1 aliphatic rings. The molecule has 2 aromatic carbocycles. The van der Waals surface area contributed by atoms with Crippen molar-refractivity contribution in [3.63, 3.8) is 0 Å². The number of nitro groups is 1. The van der Waals surface area contributed by atoms with Gasteiger partial charge in [0, 0.05) is 11.6 Å².